The van der Waals surface area contributed by atoms with Crippen LogP contribution in [-0.2, 0) is 23.9 Å². The highest BCUT2D eigenvalue weighted by molar-refractivity contribution is 5.74. The molecule has 0 amide bonds. The van der Waals surface area contributed by atoms with Gasteiger partial charge in [-0.1, -0.05) is 24.6 Å². The van der Waals surface area contributed by atoms with E-state index in [0.29, 0.717) is 19.3 Å². The molecular weight excluding hydrogens is 364 g/mol. The van der Waals surface area contributed by atoms with Crippen LogP contribution in [0.3, 0.4) is 0 Å². The molecule has 0 aromatic carbocycles. The van der Waals surface area contributed by atoms with Gasteiger partial charge in [-0.2, -0.15) is 0 Å². The first-order valence-corrected chi connectivity index (χ1v) is 10.3. The average Bonchev–Trinajstić information content (AvgIpc) is 3.14. The van der Waals surface area contributed by atoms with E-state index in [1.165, 1.54) is 5.57 Å². The summed E-state index contributed by atoms with van der Waals surface area (Å²) in [5.74, 6) is -1.59. The van der Waals surface area contributed by atoms with Crippen molar-refractivity contribution in [1.29, 1.82) is 0 Å². The molecule has 2 N–H and O–H groups in total. The van der Waals surface area contributed by atoms with Gasteiger partial charge in [0.2, 0.25) is 6.29 Å². The number of hydrogen-bond acceptors (Lipinski definition) is 7. The zero-order chi connectivity index (χ0) is 19.7. The molecule has 28 heavy (non-hydrogen) atoms. The van der Waals surface area contributed by atoms with Crippen molar-refractivity contribution < 1.29 is 34.3 Å². The molecule has 5 aliphatic rings. The van der Waals surface area contributed by atoms with Crippen molar-refractivity contribution in [2.45, 2.75) is 70.2 Å². The second-order valence-corrected chi connectivity index (χ2v) is 9.27. The van der Waals surface area contributed by atoms with Crippen LogP contribution in [0, 0.1) is 23.2 Å². The van der Waals surface area contributed by atoms with Crippen molar-refractivity contribution in [3.63, 3.8) is 0 Å². The van der Waals surface area contributed by atoms with Gasteiger partial charge in [0.25, 0.3) is 0 Å². The number of fused-ring (bicyclic) bond motifs is 3. The van der Waals surface area contributed by atoms with Gasteiger partial charge in [-0.3, -0.25) is 4.79 Å². The minimum atomic E-state index is -0.970. The Morgan fingerprint density at radius 1 is 1.25 bits per heavy atom. The molecule has 8 atom stereocenters. The lowest BCUT2D eigenvalue weighted by atomic mass is 9.56. The number of esters is 1. The van der Waals surface area contributed by atoms with Crippen LogP contribution < -0.4 is 0 Å². The van der Waals surface area contributed by atoms with Gasteiger partial charge in [0, 0.05) is 0 Å². The second kappa shape index (κ2) is 6.37. The summed E-state index contributed by atoms with van der Waals surface area (Å²) < 4.78 is 17.5. The summed E-state index contributed by atoms with van der Waals surface area (Å²) in [4.78, 5) is 17.8. The number of ether oxygens (including phenoxy) is 3. The topological polar surface area (TPSA) is 94.5 Å². The highest BCUT2D eigenvalue weighted by atomic mass is 17.1. The second-order valence-electron chi connectivity index (χ2n) is 9.27. The van der Waals surface area contributed by atoms with Gasteiger partial charge in [-0.15, -0.1) is 0 Å². The summed E-state index contributed by atoms with van der Waals surface area (Å²) in [6, 6.07) is 0. The van der Waals surface area contributed by atoms with Crippen LogP contribution in [0.1, 0.15) is 46.0 Å². The van der Waals surface area contributed by atoms with Crippen molar-refractivity contribution in [2.24, 2.45) is 23.2 Å². The summed E-state index contributed by atoms with van der Waals surface area (Å²) in [5, 5.41) is 19.5. The van der Waals surface area contributed by atoms with E-state index in [9.17, 15) is 15.2 Å². The summed E-state index contributed by atoms with van der Waals surface area (Å²) in [7, 11) is 0. The average molecular weight is 392 g/mol. The van der Waals surface area contributed by atoms with Crippen LogP contribution in [0.4, 0.5) is 0 Å². The lowest BCUT2D eigenvalue weighted by Crippen LogP contribution is -2.45. The molecule has 0 aromatic heterocycles. The molecule has 3 fully saturated rings. The van der Waals surface area contributed by atoms with E-state index in [-0.39, 0.29) is 41.8 Å². The molecular formula is C21H28O7. The Kier molecular flexibility index (Phi) is 4.27. The number of aliphatic hydroxyl groups excluding tert-OH is 1. The summed E-state index contributed by atoms with van der Waals surface area (Å²) in [6.45, 7) is 4.28. The standard InChI is InChI=1S/C21H28O7/c1-20-8-7-12(22)9-11(20)3-4-13-15(20)6-5-14-17-16(26-18(13)23)10-25-21(17,2)27-19(14)28-24/h3,5,12-13,15-17,19,22,24H,4,6-10H2,1-2H3/b14-5+/t12-,13+,15-,16+,17+,19-,20-,21+/m0/s1. The molecule has 154 valence electrons. The minimum Gasteiger partial charge on any atom is -0.459 e. The highest BCUT2D eigenvalue weighted by Gasteiger charge is 2.61. The molecule has 1 saturated carbocycles. The Morgan fingerprint density at radius 3 is 2.86 bits per heavy atom. The maximum Gasteiger partial charge on any atom is 0.309 e. The number of aliphatic hydroxyl groups is 1. The van der Waals surface area contributed by atoms with Gasteiger partial charge in [-0.05, 0) is 55.9 Å². The SMILES string of the molecule is C[C@@]12OC[C@H]3OC(=O)[C@@H]4CC=C5C[C@@H](O)CC[C@]5(C)[C@H]4C/C=C(/[C@H](OO)O1)[C@H]32. The van der Waals surface area contributed by atoms with E-state index in [4.69, 9.17) is 14.2 Å². The first kappa shape index (κ1) is 18.8. The first-order valence-electron chi connectivity index (χ1n) is 10.3. The monoisotopic (exact) mass is 392 g/mol. The zero-order valence-electron chi connectivity index (χ0n) is 16.3. The van der Waals surface area contributed by atoms with Crippen LogP contribution in [0.2, 0.25) is 0 Å². The number of rotatable bonds is 1. The van der Waals surface area contributed by atoms with Crippen LogP contribution >= 0.6 is 0 Å². The molecule has 7 nitrogen and oxygen atoms in total. The number of carbonyl (C=O) groups is 1. The summed E-state index contributed by atoms with van der Waals surface area (Å²) in [5.41, 5.74) is 1.90. The molecule has 0 radical (unpaired) electrons. The largest absolute Gasteiger partial charge is 0.459 e. The van der Waals surface area contributed by atoms with E-state index in [2.05, 4.69) is 24.0 Å². The van der Waals surface area contributed by atoms with Crippen LogP contribution in [-0.4, -0.2) is 47.2 Å². The Labute approximate surface area is 164 Å². The molecule has 0 unspecified atom stereocenters. The maximum atomic E-state index is 13.2. The molecule has 0 aromatic rings. The Balaban J connectivity index is 1.55. The van der Waals surface area contributed by atoms with Crippen molar-refractivity contribution in [2.75, 3.05) is 6.61 Å². The van der Waals surface area contributed by atoms with Gasteiger partial charge in [0.05, 0.1) is 24.5 Å². The first-order chi connectivity index (χ1) is 13.4. The number of carbonyl (C=O) groups excluding carboxylic acids is 1. The quantitative estimate of drug-likeness (QED) is 0.306. The highest BCUT2D eigenvalue weighted by Crippen LogP contribution is 2.56. The van der Waals surface area contributed by atoms with Crippen molar-refractivity contribution in [3.8, 4) is 0 Å². The van der Waals surface area contributed by atoms with E-state index in [0.717, 1.165) is 18.4 Å². The van der Waals surface area contributed by atoms with Crippen molar-refractivity contribution in [3.05, 3.63) is 23.3 Å². The Hall–Kier alpha value is -1.25. The fraction of sp³-hybridized carbons (Fsp3) is 0.762. The molecule has 5 rings (SSSR count). The number of hydrogen-bond donors (Lipinski definition) is 2. The molecule has 3 aliphatic heterocycles. The summed E-state index contributed by atoms with van der Waals surface area (Å²) >= 11 is 0. The lowest BCUT2D eigenvalue weighted by Gasteiger charge is -2.49. The van der Waals surface area contributed by atoms with Gasteiger partial charge >= 0.3 is 5.97 Å². The van der Waals surface area contributed by atoms with Gasteiger partial charge in [0.1, 0.15) is 6.10 Å². The van der Waals surface area contributed by atoms with Gasteiger partial charge < -0.3 is 19.3 Å². The van der Waals surface area contributed by atoms with E-state index in [1.54, 1.807) is 6.92 Å². The number of allylic oxidation sites excluding steroid dienone is 2. The molecule has 3 heterocycles. The third-order valence-corrected chi connectivity index (χ3v) is 7.83. The van der Waals surface area contributed by atoms with Crippen molar-refractivity contribution in [1.82, 2.24) is 0 Å². The normalized spacial score (nSPS) is 52.1. The maximum absolute atomic E-state index is 13.2. The third kappa shape index (κ3) is 2.57. The fourth-order valence-corrected chi connectivity index (χ4v) is 6.25. The molecule has 2 saturated heterocycles. The van der Waals surface area contributed by atoms with Crippen molar-refractivity contribution >= 4 is 5.97 Å². The Bertz CT molecular complexity index is 745. The predicted molar refractivity (Wildman–Crippen MR) is 96.7 cm³/mol. The Morgan fingerprint density at radius 2 is 2.07 bits per heavy atom. The zero-order valence-corrected chi connectivity index (χ0v) is 16.3. The molecule has 0 spiro atoms. The van der Waals surface area contributed by atoms with Crippen LogP contribution in [0.5, 0.6) is 0 Å². The van der Waals surface area contributed by atoms with E-state index < -0.39 is 18.2 Å². The lowest BCUT2D eigenvalue weighted by molar-refractivity contribution is -0.361. The van der Waals surface area contributed by atoms with Gasteiger partial charge in [-0.25, -0.2) is 10.1 Å². The van der Waals surface area contributed by atoms with Gasteiger partial charge in [0.15, 0.2) is 5.79 Å². The van der Waals surface area contributed by atoms with E-state index >= 15 is 0 Å². The van der Waals surface area contributed by atoms with Crippen LogP contribution in [0.15, 0.2) is 23.3 Å². The molecule has 7 heteroatoms. The fourth-order valence-electron chi connectivity index (χ4n) is 6.25. The minimum absolute atomic E-state index is 0.0749. The van der Waals surface area contributed by atoms with E-state index in [1.807, 2.05) is 0 Å². The van der Waals surface area contributed by atoms with Crippen LogP contribution in [0.25, 0.3) is 0 Å². The predicted octanol–water partition coefficient (Wildman–Crippen LogP) is 2.55. The molecule has 0 bridgehead atoms. The third-order valence-electron chi connectivity index (χ3n) is 7.83. The smallest absolute Gasteiger partial charge is 0.309 e. The summed E-state index contributed by atoms with van der Waals surface area (Å²) in [6.07, 6.45) is 6.12. The molecule has 2 aliphatic carbocycles.